The number of benzene rings is 2. The van der Waals surface area contributed by atoms with E-state index < -0.39 is 5.91 Å². The molecule has 2 aromatic carbocycles. The Morgan fingerprint density at radius 2 is 1.93 bits per heavy atom. The minimum atomic E-state index is -0.402. The van der Waals surface area contributed by atoms with Crippen LogP contribution in [-0.4, -0.2) is 15.9 Å². The molecule has 0 bridgehead atoms. The van der Waals surface area contributed by atoms with Crippen LogP contribution in [0.5, 0.6) is 0 Å². The number of nitriles is 1. The lowest BCUT2D eigenvalue weighted by Crippen LogP contribution is -2.16. The summed E-state index contributed by atoms with van der Waals surface area (Å²) < 4.78 is 13.0. The Kier molecular flexibility index (Phi) is 5.38. The first-order chi connectivity index (χ1) is 13.0. The molecule has 0 saturated carbocycles. The molecule has 3 rings (SSSR count). The topological polar surface area (TPSA) is 90.7 Å². The molecule has 0 aliphatic carbocycles. The van der Waals surface area contributed by atoms with Gasteiger partial charge in [0.2, 0.25) is 0 Å². The molecule has 27 heavy (non-hydrogen) atoms. The molecule has 0 unspecified atom stereocenters. The van der Waals surface area contributed by atoms with Crippen LogP contribution in [0.4, 0.5) is 15.9 Å². The van der Waals surface area contributed by atoms with E-state index in [0.717, 1.165) is 5.56 Å². The van der Waals surface area contributed by atoms with Crippen molar-refractivity contribution in [2.75, 3.05) is 10.6 Å². The average Bonchev–Trinajstić information content (AvgIpc) is 2.67. The number of hydrogen-bond donors (Lipinski definition) is 2. The number of halogens is 1. The molecule has 0 atom stereocenters. The van der Waals surface area contributed by atoms with Crippen LogP contribution in [0, 0.1) is 24.1 Å². The summed E-state index contributed by atoms with van der Waals surface area (Å²) >= 11 is 0. The van der Waals surface area contributed by atoms with E-state index in [1.54, 1.807) is 49.4 Å². The molecule has 7 heteroatoms. The summed E-state index contributed by atoms with van der Waals surface area (Å²) in [5.74, 6) is 0.231. The molecule has 0 fully saturated rings. The van der Waals surface area contributed by atoms with E-state index in [4.69, 9.17) is 5.26 Å². The summed E-state index contributed by atoms with van der Waals surface area (Å²) in [7, 11) is 0. The van der Waals surface area contributed by atoms with Crippen molar-refractivity contribution in [2.45, 2.75) is 13.5 Å². The average molecular weight is 361 g/mol. The van der Waals surface area contributed by atoms with Gasteiger partial charge >= 0.3 is 0 Å². The van der Waals surface area contributed by atoms with E-state index in [1.165, 1.54) is 12.1 Å². The number of nitrogens with zero attached hydrogens (tertiary/aromatic N) is 3. The summed E-state index contributed by atoms with van der Waals surface area (Å²) in [6.45, 7) is 2.12. The van der Waals surface area contributed by atoms with E-state index in [-0.39, 0.29) is 11.5 Å². The first kappa shape index (κ1) is 18.0. The molecular weight excluding hydrogens is 345 g/mol. The third-order valence-electron chi connectivity index (χ3n) is 3.71. The van der Waals surface area contributed by atoms with Gasteiger partial charge in [-0.3, -0.25) is 4.79 Å². The van der Waals surface area contributed by atoms with Gasteiger partial charge in [-0.05, 0) is 42.8 Å². The Labute approximate surface area is 155 Å². The number of rotatable bonds is 5. The predicted octanol–water partition coefficient (Wildman–Crippen LogP) is 3.66. The second-order valence-corrected chi connectivity index (χ2v) is 5.81. The zero-order valence-electron chi connectivity index (χ0n) is 14.5. The highest BCUT2D eigenvalue weighted by Crippen LogP contribution is 2.14. The number of hydrogen-bond acceptors (Lipinski definition) is 5. The first-order valence-corrected chi connectivity index (χ1v) is 8.19. The van der Waals surface area contributed by atoms with Gasteiger partial charge in [0.15, 0.2) is 0 Å². The largest absolute Gasteiger partial charge is 0.366 e. The van der Waals surface area contributed by atoms with E-state index in [0.29, 0.717) is 29.4 Å². The zero-order chi connectivity index (χ0) is 19.2. The number of amides is 1. The maximum Gasteiger partial charge on any atom is 0.274 e. The van der Waals surface area contributed by atoms with Gasteiger partial charge in [-0.15, -0.1) is 0 Å². The standard InChI is InChI=1S/C20H16FN5O/c1-13-24-18(20(27)26-17-4-2-3-15(9-17)11-22)10-19(25-13)23-12-14-5-7-16(21)8-6-14/h2-10H,12H2,1H3,(H,26,27)(H,23,24,25). The second kappa shape index (κ2) is 8.06. The summed E-state index contributed by atoms with van der Waals surface area (Å²) in [6.07, 6.45) is 0. The fourth-order valence-electron chi connectivity index (χ4n) is 2.43. The Balaban J connectivity index is 1.72. The molecular formula is C20H16FN5O. The van der Waals surface area contributed by atoms with Gasteiger partial charge in [-0.25, -0.2) is 14.4 Å². The summed E-state index contributed by atoms with van der Waals surface area (Å²) in [5.41, 5.74) is 2.04. The van der Waals surface area contributed by atoms with E-state index in [9.17, 15) is 9.18 Å². The van der Waals surface area contributed by atoms with Gasteiger partial charge in [-0.1, -0.05) is 18.2 Å². The van der Waals surface area contributed by atoms with Gasteiger partial charge < -0.3 is 10.6 Å². The van der Waals surface area contributed by atoms with Crippen molar-refractivity contribution in [3.8, 4) is 6.07 Å². The number of anilines is 2. The van der Waals surface area contributed by atoms with Crippen molar-refractivity contribution < 1.29 is 9.18 Å². The highest BCUT2D eigenvalue weighted by molar-refractivity contribution is 6.03. The molecule has 3 aromatic rings. The number of carbonyl (C=O) groups is 1. The molecule has 0 saturated heterocycles. The Bertz CT molecular complexity index is 1010. The molecule has 1 heterocycles. The van der Waals surface area contributed by atoms with Gasteiger partial charge in [0.25, 0.3) is 5.91 Å². The summed E-state index contributed by atoms with van der Waals surface area (Å²) in [5, 5.41) is 14.8. The van der Waals surface area contributed by atoms with Crippen molar-refractivity contribution in [1.82, 2.24) is 9.97 Å². The Morgan fingerprint density at radius 1 is 1.15 bits per heavy atom. The number of aryl methyl sites for hydroxylation is 1. The van der Waals surface area contributed by atoms with Crippen LogP contribution in [0.3, 0.4) is 0 Å². The minimum Gasteiger partial charge on any atom is -0.366 e. The molecule has 0 spiro atoms. The smallest absolute Gasteiger partial charge is 0.274 e. The van der Waals surface area contributed by atoms with Gasteiger partial charge in [-0.2, -0.15) is 5.26 Å². The molecule has 6 nitrogen and oxygen atoms in total. The molecule has 1 amide bonds. The van der Waals surface area contributed by atoms with Crippen molar-refractivity contribution in [2.24, 2.45) is 0 Å². The minimum absolute atomic E-state index is 0.200. The van der Waals surface area contributed by atoms with Crippen LogP contribution in [0.25, 0.3) is 0 Å². The lowest BCUT2D eigenvalue weighted by Gasteiger charge is -2.09. The number of carbonyl (C=O) groups excluding carboxylic acids is 1. The van der Waals surface area contributed by atoms with E-state index in [2.05, 4.69) is 20.6 Å². The maximum atomic E-state index is 13.0. The second-order valence-electron chi connectivity index (χ2n) is 5.81. The van der Waals surface area contributed by atoms with Gasteiger partial charge in [0.1, 0.15) is 23.2 Å². The highest BCUT2D eigenvalue weighted by Gasteiger charge is 2.11. The van der Waals surface area contributed by atoms with E-state index >= 15 is 0 Å². The SMILES string of the molecule is Cc1nc(NCc2ccc(F)cc2)cc(C(=O)Nc2cccc(C#N)c2)n1. The first-order valence-electron chi connectivity index (χ1n) is 8.19. The number of nitrogens with one attached hydrogen (secondary N) is 2. The quantitative estimate of drug-likeness (QED) is 0.724. The molecule has 0 aliphatic rings. The fraction of sp³-hybridized carbons (Fsp3) is 0.100. The molecule has 0 radical (unpaired) electrons. The molecule has 0 aliphatic heterocycles. The van der Waals surface area contributed by atoms with Crippen molar-refractivity contribution in [3.05, 3.63) is 83.1 Å². The summed E-state index contributed by atoms with van der Waals surface area (Å²) in [4.78, 5) is 20.9. The van der Waals surface area contributed by atoms with Gasteiger partial charge in [0, 0.05) is 18.3 Å². The predicted molar refractivity (Wildman–Crippen MR) is 99.6 cm³/mol. The van der Waals surface area contributed by atoms with Crippen molar-refractivity contribution in [3.63, 3.8) is 0 Å². The molecule has 2 N–H and O–H groups in total. The lowest BCUT2D eigenvalue weighted by atomic mass is 10.2. The Hall–Kier alpha value is -3.79. The van der Waals surface area contributed by atoms with Crippen LogP contribution >= 0.6 is 0 Å². The molecule has 1 aromatic heterocycles. The maximum absolute atomic E-state index is 13.0. The fourth-order valence-corrected chi connectivity index (χ4v) is 2.43. The third-order valence-corrected chi connectivity index (χ3v) is 3.71. The van der Waals surface area contributed by atoms with Crippen LogP contribution < -0.4 is 10.6 Å². The van der Waals surface area contributed by atoms with Gasteiger partial charge in [0.05, 0.1) is 11.6 Å². The van der Waals surface area contributed by atoms with Crippen LogP contribution in [0.15, 0.2) is 54.6 Å². The zero-order valence-corrected chi connectivity index (χ0v) is 14.5. The Morgan fingerprint density at radius 3 is 2.67 bits per heavy atom. The van der Waals surface area contributed by atoms with Crippen molar-refractivity contribution >= 4 is 17.4 Å². The normalized spacial score (nSPS) is 10.1. The highest BCUT2D eigenvalue weighted by atomic mass is 19.1. The molecule has 134 valence electrons. The van der Waals surface area contributed by atoms with Crippen LogP contribution in [0.1, 0.15) is 27.4 Å². The van der Waals surface area contributed by atoms with Crippen LogP contribution in [0.2, 0.25) is 0 Å². The monoisotopic (exact) mass is 361 g/mol. The summed E-state index contributed by atoms with van der Waals surface area (Å²) in [6, 6.07) is 16.3. The van der Waals surface area contributed by atoms with Crippen molar-refractivity contribution in [1.29, 1.82) is 5.26 Å². The number of aromatic nitrogens is 2. The lowest BCUT2D eigenvalue weighted by molar-refractivity contribution is 0.102. The third kappa shape index (κ3) is 4.86. The van der Waals surface area contributed by atoms with E-state index in [1.807, 2.05) is 6.07 Å². The van der Waals surface area contributed by atoms with Crippen LogP contribution in [-0.2, 0) is 6.54 Å².